The zero-order valence-corrected chi connectivity index (χ0v) is 12.6. The number of hydrogen-bond donors (Lipinski definition) is 1. The summed E-state index contributed by atoms with van der Waals surface area (Å²) in [5.74, 6) is 3.48. The first kappa shape index (κ1) is 15.3. The first-order chi connectivity index (χ1) is 8.20. The first-order valence-electron chi connectivity index (χ1n) is 7.24. The maximum atomic E-state index is 6.04. The van der Waals surface area contributed by atoms with Crippen molar-refractivity contribution >= 4 is 11.8 Å². The van der Waals surface area contributed by atoms with Gasteiger partial charge in [-0.15, -0.1) is 0 Å². The van der Waals surface area contributed by atoms with Crippen LogP contribution in [0.15, 0.2) is 0 Å². The van der Waals surface area contributed by atoms with Crippen molar-refractivity contribution in [2.24, 2.45) is 11.7 Å². The third kappa shape index (κ3) is 4.80. The van der Waals surface area contributed by atoms with Gasteiger partial charge in [-0.2, -0.15) is 11.8 Å². The molecule has 3 heteroatoms. The summed E-state index contributed by atoms with van der Waals surface area (Å²) in [7, 11) is 0. The van der Waals surface area contributed by atoms with Gasteiger partial charge >= 0.3 is 0 Å². The third-order valence-corrected chi connectivity index (χ3v) is 5.05. The summed E-state index contributed by atoms with van der Waals surface area (Å²) in [6.45, 7) is 8.96. The first-order valence-corrected chi connectivity index (χ1v) is 8.39. The Morgan fingerprint density at radius 3 is 2.59 bits per heavy atom. The molecule has 0 aromatic carbocycles. The molecule has 0 saturated carbocycles. The Morgan fingerprint density at radius 1 is 1.35 bits per heavy atom. The SMILES string of the molecule is CCCCCN(C(C)C)C(CN)C1CCSC1. The number of nitrogens with zero attached hydrogens (tertiary/aromatic N) is 1. The standard InChI is InChI=1S/C14H30N2S/c1-4-5-6-8-16(12(2)3)14(10-15)13-7-9-17-11-13/h12-14H,4-11,15H2,1-3H3. The molecule has 0 aromatic rings. The van der Waals surface area contributed by atoms with Gasteiger partial charge in [-0.3, -0.25) is 4.90 Å². The molecule has 17 heavy (non-hydrogen) atoms. The highest BCUT2D eigenvalue weighted by atomic mass is 32.2. The predicted molar refractivity (Wildman–Crippen MR) is 79.6 cm³/mol. The average Bonchev–Trinajstić information content (AvgIpc) is 2.81. The average molecular weight is 258 g/mol. The molecule has 102 valence electrons. The van der Waals surface area contributed by atoms with Crippen molar-refractivity contribution < 1.29 is 0 Å². The smallest absolute Gasteiger partial charge is 0.0257 e. The molecule has 0 aromatic heterocycles. The molecule has 1 rings (SSSR count). The summed E-state index contributed by atoms with van der Waals surface area (Å²) in [4.78, 5) is 2.66. The summed E-state index contributed by atoms with van der Waals surface area (Å²) >= 11 is 2.10. The van der Waals surface area contributed by atoms with E-state index in [-0.39, 0.29) is 0 Å². The van der Waals surface area contributed by atoms with E-state index in [0.29, 0.717) is 12.1 Å². The van der Waals surface area contributed by atoms with E-state index in [2.05, 4.69) is 37.4 Å². The second-order valence-electron chi connectivity index (χ2n) is 5.47. The lowest BCUT2D eigenvalue weighted by Crippen LogP contribution is -2.49. The van der Waals surface area contributed by atoms with Crippen LogP contribution in [0, 0.1) is 5.92 Å². The van der Waals surface area contributed by atoms with Crippen molar-refractivity contribution in [3.05, 3.63) is 0 Å². The monoisotopic (exact) mass is 258 g/mol. The molecule has 0 bridgehead atoms. The van der Waals surface area contributed by atoms with Crippen LogP contribution in [-0.2, 0) is 0 Å². The molecule has 0 spiro atoms. The molecule has 2 unspecified atom stereocenters. The van der Waals surface area contributed by atoms with E-state index in [4.69, 9.17) is 5.73 Å². The van der Waals surface area contributed by atoms with Crippen LogP contribution in [0.5, 0.6) is 0 Å². The van der Waals surface area contributed by atoms with E-state index >= 15 is 0 Å². The molecule has 2 atom stereocenters. The fourth-order valence-electron chi connectivity index (χ4n) is 2.81. The van der Waals surface area contributed by atoms with Gasteiger partial charge in [0.15, 0.2) is 0 Å². The molecule has 0 radical (unpaired) electrons. The maximum absolute atomic E-state index is 6.04. The van der Waals surface area contributed by atoms with Crippen molar-refractivity contribution in [1.29, 1.82) is 0 Å². The van der Waals surface area contributed by atoms with E-state index in [0.717, 1.165) is 12.5 Å². The van der Waals surface area contributed by atoms with Crippen LogP contribution < -0.4 is 5.73 Å². The summed E-state index contributed by atoms with van der Waals surface area (Å²) in [5.41, 5.74) is 6.04. The van der Waals surface area contributed by atoms with Crippen LogP contribution >= 0.6 is 11.8 Å². The number of thioether (sulfide) groups is 1. The Kier molecular flexibility index (Phi) is 7.56. The normalized spacial score (nSPS) is 22.6. The molecule has 2 nitrogen and oxygen atoms in total. The van der Waals surface area contributed by atoms with Gasteiger partial charge in [-0.1, -0.05) is 19.8 Å². The highest BCUT2D eigenvalue weighted by Gasteiger charge is 2.30. The van der Waals surface area contributed by atoms with E-state index in [1.165, 1.54) is 43.7 Å². The quantitative estimate of drug-likeness (QED) is 0.679. The van der Waals surface area contributed by atoms with E-state index in [9.17, 15) is 0 Å². The Balaban J connectivity index is 2.52. The highest BCUT2D eigenvalue weighted by Crippen LogP contribution is 2.29. The molecule has 1 aliphatic heterocycles. The van der Waals surface area contributed by atoms with Crippen LogP contribution in [0.3, 0.4) is 0 Å². The second kappa shape index (κ2) is 8.39. The second-order valence-corrected chi connectivity index (χ2v) is 6.62. The molecule has 1 fully saturated rings. The number of rotatable bonds is 8. The summed E-state index contributed by atoms with van der Waals surface area (Å²) in [5, 5.41) is 0. The zero-order valence-electron chi connectivity index (χ0n) is 11.8. The van der Waals surface area contributed by atoms with Crippen molar-refractivity contribution in [3.8, 4) is 0 Å². The molecule has 0 amide bonds. The third-order valence-electron chi connectivity index (χ3n) is 3.86. The van der Waals surface area contributed by atoms with Gasteiger partial charge in [0.05, 0.1) is 0 Å². The van der Waals surface area contributed by atoms with E-state index < -0.39 is 0 Å². The molecule has 1 aliphatic rings. The van der Waals surface area contributed by atoms with Crippen LogP contribution in [0.25, 0.3) is 0 Å². The van der Waals surface area contributed by atoms with Crippen molar-refractivity contribution in [3.63, 3.8) is 0 Å². The van der Waals surface area contributed by atoms with Crippen LogP contribution in [0.1, 0.15) is 46.5 Å². The van der Waals surface area contributed by atoms with Gasteiger partial charge < -0.3 is 5.73 Å². The number of hydrogen-bond acceptors (Lipinski definition) is 3. The summed E-state index contributed by atoms with van der Waals surface area (Å²) < 4.78 is 0. The van der Waals surface area contributed by atoms with Crippen molar-refractivity contribution in [2.75, 3.05) is 24.6 Å². The molecule has 1 heterocycles. The predicted octanol–water partition coefficient (Wildman–Crippen LogP) is 2.97. The Hall–Kier alpha value is 0.270. The van der Waals surface area contributed by atoms with Gasteiger partial charge in [-0.25, -0.2) is 0 Å². The topological polar surface area (TPSA) is 29.3 Å². The zero-order chi connectivity index (χ0) is 12.7. The van der Waals surface area contributed by atoms with Gasteiger partial charge in [-0.05, 0) is 50.7 Å². The van der Waals surface area contributed by atoms with Gasteiger partial charge in [0.2, 0.25) is 0 Å². The number of unbranched alkanes of at least 4 members (excludes halogenated alkanes) is 2. The van der Waals surface area contributed by atoms with Crippen molar-refractivity contribution in [2.45, 2.75) is 58.5 Å². The lowest BCUT2D eigenvalue weighted by atomic mass is 9.96. The molecular weight excluding hydrogens is 228 g/mol. The molecule has 1 saturated heterocycles. The van der Waals surface area contributed by atoms with Crippen molar-refractivity contribution in [1.82, 2.24) is 4.90 Å². The van der Waals surface area contributed by atoms with E-state index in [1.807, 2.05) is 0 Å². The number of nitrogens with two attached hydrogens (primary N) is 1. The molecular formula is C14H30N2S. The summed E-state index contributed by atoms with van der Waals surface area (Å²) in [6.07, 6.45) is 5.34. The fraction of sp³-hybridized carbons (Fsp3) is 1.00. The fourth-order valence-corrected chi connectivity index (χ4v) is 4.13. The minimum absolute atomic E-state index is 0.613. The Morgan fingerprint density at radius 2 is 2.12 bits per heavy atom. The molecule has 2 N–H and O–H groups in total. The minimum Gasteiger partial charge on any atom is -0.329 e. The van der Waals surface area contributed by atoms with E-state index in [1.54, 1.807) is 0 Å². The Labute approximate surface area is 112 Å². The van der Waals surface area contributed by atoms with Gasteiger partial charge in [0.25, 0.3) is 0 Å². The van der Waals surface area contributed by atoms with Crippen LogP contribution in [0.2, 0.25) is 0 Å². The van der Waals surface area contributed by atoms with Gasteiger partial charge in [0, 0.05) is 18.6 Å². The van der Waals surface area contributed by atoms with Crippen LogP contribution in [-0.4, -0.2) is 41.6 Å². The van der Waals surface area contributed by atoms with Gasteiger partial charge in [0.1, 0.15) is 0 Å². The van der Waals surface area contributed by atoms with Crippen LogP contribution in [0.4, 0.5) is 0 Å². The Bertz CT molecular complexity index is 191. The molecule has 0 aliphatic carbocycles. The lowest BCUT2D eigenvalue weighted by molar-refractivity contribution is 0.116. The maximum Gasteiger partial charge on any atom is 0.0257 e. The summed E-state index contributed by atoms with van der Waals surface area (Å²) in [6, 6.07) is 1.24. The largest absolute Gasteiger partial charge is 0.329 e. The lowest BCUT2D eigenvalue weighted by Gasteiger charge is -2.37. The minimum atomic E-state index is 0.613. The highest BCUT2D eigenvalue weighted by molar-refractivity contribution is 7.99.